The van der Waals surface area contributed by atoms with Crippen molar-refractivity contribution >= 4 is 27.4 Å². The summed E-state index contributed by atoms with van der Waals surface area (Å²) in [5, 5.41) is 4.28. The fourth-order valence-electron chi connectivity index (χ4n) is 1.72. The van der Waals surface area contributed by atoms with Crippen LogP contribution in [-0.2, 0) is 6.42 Å². The third-order valence-corrected chi connectivity index (χ3v) is 3.78. The van der Waals surface area contributed by atoms with E-state index < -0.39 is 0 Å². The SMILES string of the molecule is CNc1nc(CCN)nc2sc(C)c(C)c12. The molecule has 0 aliphatic heterocycles. The molecule has 16 heavy (non-hydrogen) atoms. The molecule has 0 aliphatic carbocycles. The molecule has 2 aromatic rings. The van der Waals surface area contributed by atoms with Crippen LogP contribution < -0.4 is 11.1 Å². The molecule has 0 spiro atoms. The van der Waals surface area contributed by atoms with E-state index in [1.54, 1.807) is 11.3 Å². The van der Waals surface area contributed by atoms with Gasteiger partial charge in [-0.05, 0) is 26.0 Å². The molecule has 0 amide bonds. The zero-order valence-electron chi connectivity index (χ0n) is 9.79. The molecule has 0 saturated carbocycles. The third-order valence-electron chi connectivity index (χ3n) is 2.68. The van der Waals surface area contributed by atoms with Crippen LogP contribution in [0.3, 0.4) is 0 Å². The van der Waals surface area contributed by atoms with E-state index in [1.165, 1.54) is 10.4 Å². The van der Waals surface area contributed by atoms with Gasteiger partial charge in [-0.25, -0.2) is 9.97 Å². The minimum Gasteiger partial charge on any atom is -0.372 e. The first-order chi connectivity index (χ1) is 7.67. The number of nitrogens with zero attached hydrogens (tertiary/aromatic N) is 2. The lowest BCUT2D eigenvalue weighted by Crippen LogP contribution is -2.08. The van der Waals surface area contributed by atoms with Gasteiger partial charge >= 0.3 is 0 Å². The van der Waals surface area contributed by atoms with Gasteiger partial charge in [-0.15, -0.1) is 11.3 Å². The van der Waals surface area contributed by atoms with Crippen LogP contribution in [0.4, 0.5) is 5.82 Å². The first-order valence-corrected chi connectivity index (χ1v) is 6.13. The Bertz CT molecular complexity index is 518. The van der Waals surface area contributed by atoms with Crippen molar-refractivity contribution in [3.63, 3.8) is 0 Å². The van der Waals surface area contributed by atoms with Gasteiger partial charge in [-0.2, -0.15) is 0 Å². The Morgan fingerprint density at radius 1 is 1.31 bits per heavy atom. The van der Waals surface area contributed by atoms with E-state index in [-0.39, 0.29) is 0 Å². The molecule has 3 N–H and O–H groups in total. The zero-order chi connectivity index (χ0) is 11.7. The Hall–Kier alpha value is -1.20. The molecule has 86 valence electrons. The van der Waals surface area contributed by atoms with Gasteiger partial charge in [0.1, 0.15) is 16.5 Å². The van der Waals surface area contributed by atoms with E-state index in [4.69, 9.17) is 5.73 Å². The van der Waals surface area contributed by atoms with Gasteiger partial charge in [0.15, 0.2) is 0 Å². The number of thiophene rings is 1. The van der Waals surface area contributed by atoms with Crippen LogP contribution in [0.15, 0.2) is 0 Å². The Labute approximate surface area is 98.9 Å². The van der Waals surface area contributed by atoms with Crippen molar-refractivity contribution in [2.45, 2.75) is 20.3 Å². The van der Waals surface area contributed by atoms with Crippen LogP contribution in [0, 0.1) is 13.8 Å². The fraction of sp³-hybridized carbons (Fsp3) is 0.455. The topological polar surface area (TPSA) is 63.8 Å². The maximum atomic E-state index is 5.53. The summed E-state index contributed by atoms with van der Waals surface area (Å²) in [5.74, 6) is 1.73. The smallest absolute Gasteiger partial charge is 0.138 e. The van der Waals surface area contributed by atoms with Crippen LogP contribution in [-0.4, -0.2) is 23.6 Å². The second kappa shape index (κ2) is 4.35. The number of hydrogen-bond donors (Lipinski definition) is 2. The number of nitrogens with two attached hydrogens (primary N) is 1. The maximum Gasteiger partial charge on any atom is 0.138 e. The fourth-order valence-corrected chi connectivity index (χ4v) is 2.76. The second-order valence-electron chi connectivity index (χ2n) is 3.74. The lowest BCUT2D eigenvalue weighted by molar-refractivity contribution is 0.882. The summed E-state index contributed by atoms with van der Waals surface area (Å²) < 4.78 is 0. The number of fused-ring (bicyclic) bond motifs is 1. The number of hydrogen-bond acceptors (Lipinski definition) is 5. The highest BCUT2D eigenvalue weighted by atomic mass is 32.1. The average molecular weight is 236 g/mol. The highest BCUT2D eigenvalue weighted by Crippen LogP contribution is 2.32. The van der Waals surface area contributed by atoms with E-state index in [9.17, 15) is 0 Å². The predicted molar refractivity (Wildman–Crippen MR) is 69.2 cm³/mol. The Kier molecular flexibility index (Phi) is 3.07. The number of aryl methyl sites for hydroxylation is 2. The molecule has 0 aromatic carbocycles. The molecule has 0 atom stereocenters. The zero-order valence-corrected chi connectivity index (χ0v) is 10.6. The lowest BCUT2D eigenvalue weighted by atomic mass is 10.2. The largest absolute Gasteiger partial charge is 0.372 e. The van der Waals surface area contributed by atoms with Crippen molar-refractivity contribution in [3.05, 3.63) is 16.3 Å². The average Bonchev–Trinajstić information content (AvgIpc) is 2.54. The van der Waals surface area contributed by atoms with Crippen molar-refractivity contribution in [2.24, 2.45) is 5.73 Å². The second-order valence-corrected chi connectivity index (χ2v) is 4.94. The predicted octanol–water partition coefficient (Wildman–Crippen LogP) is 1.85. The van der Waals surface area contributed by atoms with Crippen molar-refractivity contribution in [2.75, 3.05) is 18.9 Å². The van der Waals surface area contributed by atoms with Gasteiger partial charge in [-0.1, -0.05) is 0 Å². The third kappa shape index (κ3) is 1.76. The lowest BCUT2D eigenvalue weighted by Gasteiger charge is -2.05. The van der Waals surface area contributed by atoms with Crippen LogP contribution in [0.25, 0.3) is 10.2 Å². The molecule has 0 unspecified atom stereocenters. The Morgan fingerprint density at radius 3 is 2.69 bits per heavy atom. The number of anilines is 1. The minimum absolute atomic E-state index is 0.581. The van der Waals surface area contributed by atoms with E-state index in [1.807, 2.05) is 7.05 Å². The van der Waals surface area contributed by atoms with E-state index in [2.05, 4.69) is 29.1 Å². The normalized spacial score (nSPS) is 11.0. The summed E-state index contributed by atoms with van der Waals surface area (Å²) >= 11 is 1.72. The summed E-state index contributed by atoms with van der Waals surface area (Å²) in [6.45, 7) is 4.81. The van der Waals surface area contributed by atoms with Gasteiger partial charge in [0.25, 0.3) is 0 Å². The van der Waals surface area contributed by atoms with Gasteiger partial charge in [0.2, 0.25) is 0 Å². The van der Waals surface area contributed by atoms with E-state index >= 15 is 0 Å². The van der Waals surface area contributed by atoms with Gasteiger partial charge in [-0.3, -0.25) is 0 Å². The van der Waals surface area contributed by atoms with Crippen molar-refractivity contribution in [3.8, 4) is 0 Å². The summed E-state index contributed by atoms with van der Waals surface area (Å²) in [6, 6.07) is 0. The molecule has 2 rings (SSSR count). The van der Waals surface area contributed by atoms with Crippen molar-refractivity contribution in [1.29, 1.82) is 0 Å². The molecule has 0 saturated heterocycles. The highest BCUT2D eigenvalue weighted by molar-refractivity contribution is 7.18. The number of nitrogens with one attached hydrogen (secondary N) is 1. The van der Waals surface area contributed by atoms with Gasteiger partial charge < -0.3 is 11.1 Å². The molecule has 2 heterocycles. The van der Waals surface area contributed by atoms with Gasteiger partial charge in [0, 0.05) is 18.3 Å². The molecular weight excluding hydrogens is 220 g/mol. The number of aromatic nitrogens is 2. The molecule has 0 fully saturated rings. The van der Waals surface area contributed by atoms with Crippen molar-refractivity contribution in [1.82, 2.24) is 9.97 Å². The van der Waals surface area contributed by atoms with Crippen LogP contribution in [0.1, 0.15) is 16.3 Å². The first kappa shape index (κ1) is 11.3. The van der Waals surface area contributed by atoms with Crippen LogP contribution in [0.2, 0.25) is 0 Å². The summed E-state index contributed by atoms with van der Waals surface area (Å²) in [6.07, 6.45) is 0.723. The van der Waals surface area contributed by atoms with Gasteiger partial charge in [0.05, 0.1) is 5.39 Å². The van der Waals surface area contributed by atoms with E-state index in [0.717, 1.165) is 28.3 Å². The maximum absolute atomic E-state index is 5.53. The molecule has 4 nitrogen and oxygen atoms in total. The quantitative estimate of drug-likeness (QED) is 0.853. The molecule has 2 aromatic heterocycles. The molecular formula is C11H16N4S. The molecule has 0 aliphatic rings. The highest BCUT2D eigenvalue weighted by Gasteiger charge is 2.13. The summed E-state index contributed by atoms with van der Waals surface area (Å²) in [4.78, 5) is 11.4. The molecule has 5 heteroatoms. The monoisotopic (exact) mass is 236 g/mol. The van der Waals surface area contributed by atoms with Crippen LogP contribution >= 0.6 is 11.3 Å². The summed E-state index contributed by atoms with van der Waals surface area (Å²) in [7, 11) is 1.89. The first-order valence-electron chi connectivity index (χ1n) is 5.31. The van der Waals surface area contributed by atoms with E-state index in [0.29, 0.717) is 6.54 Å². The minimum atomic E-state index is 0.581. The Balaban J connectivity index is 2.68. The standard InChI is InChI=1S/C11H16N4S/c1-6-7(2)16-11-9(6)10(13-3)14-8(15-11)4-5-12/h4-5,12H2,1-3H3,(H,13,14,15). The molecule has 0 bridgehead atoms. The van der Waals surface area contributed by atoms with Crippen molar-refractivity contribution < 1.29 is 0 Å². The van der Waals surface area contributed by atoms with Crippen LogP contribution in [0.5, 0.6) is 0 Å². The summed E-state index contributed by atoms with van der Waals surface area (Å²) in [5.41, 5.74) is 6.80. The Morgan fingerprint density at radius 2 is 2.06 bits per heavy atom. The molecule has 0 radical (unpaired) electrons. The number of rotatable bonds is 3.